The molecule has 2 aromatic carbocycles. The van der Waals surface area contributed by atoms with Crippen molar-refractivity contribution in [2.45, 2.75) is 18.4 Å². The van der Waals surface area contributed by atoms with Crippen molar-refractivity contribution in [3.05, 3.63) is 59.9 Å². The van der Waals surface area contributed by atoms with Crippen LogP contribution in [0.4, 0.5) is 10.1 Å². The van der Waals surface area contributed by atoms with E-state index in [1.165, 1.54) is 12.1 Å². The number of ether oxygens (including phenoxy) is 1. The van der Waals surface area contributed by atoms with Crippen molar-refractivity contribution in [2.24, 2.45) is 0 Å². The van der Waals surface area contributed by atoms with E-state index in [9.17, 15) is 14.0 Å². The molecule has 0 aliphatic carbocycles. The largest absolute Gasteiger partial charge is 0.497 e. The second kappa shape index (κ2) is 7.14. The summed E-state index contributed by atoms with van der Waals surface area (Å²) in [5.74, 6) is 0.306. The Morgan fingerprint density at radius 3 is 2.32 bits per heavy atom. The summed E-state index contributed by atoms with van der Waals surface area (Å²) >= 11 is 0. The van der Waals surface area contributed by atoms with Crippen molar-refractivity contribution < 1.29 is 18.7 Å². The van der Waals surface area contributed by atoms with Gasteiger partial charge in [0.1, 0.15) is 17.1 Å². The number of halogens is 1. The Balaban J connectivity index is 1.50. The smallest absolute Gasteiger partial charge is 0.253 e. The van der Waals surface area contributed by atoms with Crippen LogP contribution in [-0.2, 0) is 4.79 Å². The summed E-state index contributed by atoms with van der Waals surface area (Å²) < 4.78 is 18.4. The molecule has 28 heavy (non-hydrogen) atoms. The number of methoxy groups -OCH3 is 1. The Morgan fingerprint density at radius 2 is 1.71 bits per heavy atom. The third-order valence-corrected chi connectivity index (χ3v) is 5.69. The third kappa shape index (κ3) is 3.06. The van der Waals surface area contributed by atoms with Crippen molar-refractivity contribution in [3.8, 4) is 5.75 Å². The number of nitrogens with zero attached hydrogens (tertiary/aromatic N) is 2. The monoisotopic (exact) mass is 383 g/mol. The van der Waals surface area contributed by atoms with Crippen LogP contribution >= 0.6 is 0 Å². The molecule has 2 fully saturated rings. The van der Waals surface area contributed by atoms with E-state index in [2.05, 4.69) is 5.32 Å². The molecule has 0 saturated carbocycles. The van der Waals surface area contributed by atoms with Gasteiger partial charge in [0.25, 0.3) is 5.91 Å². The van der Waals surface area contributed by atoms with Gasteiger partial charge < -0.3 is 19.9 Å². The van der Waals surface area contributed by atoms with E-state index in [1.54, 1.807) is 48.4 Å². The van der Waals surface area contributed by atoms with Crippen LogP contribution in [-0.4, -0.2) is 49.1 Å². The number of rotatable bonds is 3. The zero-order chi connectivity index (χ0) is 19.7. The summed E-state index contributed by atoms with van der Waals surface area (Å²) in [4.78, 5) is 29.2. The maximum Gasteiger partial charge on any atom is 0.253 e. The van der Waals surface area contributed by atoms with E-state index in [1.807, 2.05) is 4.90 Å². The molecule has 2 saturated heterocycles. The molecule has 0 radical (unpaired) electrons. The molecule has 6 nitrogen and oxygen atoms in total. The fraction of sp³-hybridized carbons (Fsp3) is 0.333. The number of benzene rings is 2. The molecular weight excluding hydrogens is 361 g/mol. The lowest BCUT2D eigenvalue weighted by molar-refractivity contribution is -0.124. The first-order valence-corrected chi connectivity index (χ1v) is 9.28. The molecule has 2 aromatic rings. The van der Waals surface area contributed by atoms with Crippen LogP contribution in [0, 0.1) is 5.82 Å². The molecule has 146 valence electrons. The van der Waals surface area contributed by atoms with Crippen LogP contribution in [0.25, 0.3) is 0 Å². The van der Waals surface area contributed by atoms with Gasteiger partial charge in [0, 0.05) is 24.3 Å². The van der Waals surface area contributed by atoms with Crippen LogP contribution in [0.2, 0.25) is 0 Å². The standard InChI is InChI=1S/C21H22FN3O3/c1-28-18-8-2-15(3-9-18)19(26)24-12-10-21(11-13-24)20(27)23-14-25(21)17-6-4-16(22)5-7-17/h2-9H,10-14H2,1H3,(H,23,27). The van der Waals surface area contributed by atoms with Crippen molar-refractivity contribution in [1.29, 1.82) is 0 Å². The molecule has 2 aliphatic heterocycles. The number of nitrogens with one attached hydrogen (secondary N) is 1. The highest BCUT2D eigenvalue weighted by molar-refractivity contribution is 5.96. The topological polar surface area (TPSA) is 61.9 Å². The second-order valence-corrected chi connectivity index (χ2v) is 7.12. The summed E-state index contributed by atoms with van der Waals surface area (Å²) in [5, 5.41) is 2.91. The van der Waals surface area contributed by atoms with Crippen LogP contribution in [0.15, 0.2) is 48.5 Å². The van der Waals surface area contributed by atoms with E-state index < -0.39 is 5.54 Å². The first kappa shape index (κ1) is 18.3. The Hall–Kier alpha value is -3.09. The molecule has 2 amide bonds. The van der Waals surface area contributed by atoms with Gasteiger partial charge >= 0.3 is 0 Å². The van der Waals surface area contributed by atoms with Crippen molar-refractivity contribution in [2.75, 3.05) is 31.8 Å². The van der Waals surface area contributed by atoms with Crippen LogP contribution in [0.3, 0.4) is 0 Å². The van der Waals surface area contributed by atoms with Gasteiger partial charge in [-0.15, -0.1) is 0 Å². The number of amides is 2. The highest BCUT2D eigenvalue weighted by Gasteiger charge is 2.50. The van der Waals surface area contributed by atoms with Crippen LogP contribution in [0.1, 0.15) is 23.2 Å². The first-order chi connectivity index (χ1) is 13.5. The molecule has 0 bridgehead atoms. The quantitative estimate of drug-likeness (QED) is 0.884. The Kier molecular flexibility index (Phi) is 4.66. The lowest BCUT2D eigenvalue weighted by Gasteiger charge is -2.43. The third-order valence-electron chi connectivity index (χ3n) is 5.69. The van der Waals surface area contributed by atoms with Crippen LogP contribution < -0.4 is 15.0 Å². The Labute approximate surface area is 162 Å². The maximum atomic E-state index is 13.3. The number of carbonyl (C=O) groups is 2. The highest BCUT2D eigenvalue weighted by atomic mass is 19.1. The van der Waals surface area contributed by atoms with E-state index in [-0.39, 0.29) is 17.6 Å². The number of hydrogen-bond acceptors (Lipinski definition) is 4. The second-order valence-electron chi connectivity index (χ2n) is 7.12. The molecule has 0 atom stereocenters. The number of hydrogen-bond donors (Lipinski definition) is 1. The van der Waals surface area contributed by atoms with Crippen molar-refractivity contribution in [1.82, 2.24) is 10.2 Å². The van der Waals surface area contributed by atoms with Crippen molar-refractivity contribution >= 4 is 17.5 Å². The predicted molar refractivity (Wildman–Crippen MR) is 103 cm³/mol. The Morgan fingerprint density at radius 1 is 1.07 bits per heavy atom. The van der Waals surface area contributed by atoms with Gasteiger partial charge in [0.2, 0.25) is 5.91 Å². The number of likely N-dealkylation sites (tertiary alicyclic amines) is 1. The molecule has 2 aliphatic rings. The minimum Gasteiger partial charge on any atom is -0.497 e. The minimum atomic E-state index is -0.700. The number of carbonyl (C=O) groups excluding carboxylic acids is 2. The summed E-state index contributed by atoms with van der Waals surface area (Å²) in [6, 6.07) is 13.2. The molecule has 0 unspecified atom stereocenters. The summed E-state index contributed by atoms with van der Waals surface area (Å²) in [5.41, 5.74) is 0.701. The fourth-order valence-electron chi connectivity index (χ4n) is 4.04. The van der Waals surface area contributed by atoms with Gasteiger partial charge in [-0.25, -0.2) is 4.39 Å². The molecule has 0 aromatic heterocycles. The molecule has 1 N–H and O–H groups in total. The summed E-state index contributed by atoms with van der Waals surface area (Å²) in [6.07, 6.45) is 1.05. The van der Waals surface area contributed by atoms with E-state index in [4.69, 9.17) is 4.74 Å². The number of piperidine rings is 1. The van der Waals surface area contributed by atoms with Gasteiger partial charge in [0.15, 0.2) is 0 Å². The van der Waals surface area contributed by atoms with E-state index >= 15 is 0 Å². The maximum absolute atomic E-state index is 13.3. The lowest BCUT2D eigenvalue weighted by atomic mass is 9.85. The zero-order valence-corrected chi connectivity index (χ0v) is 15.7. The highest BCUT2D eigenvalue weighted by Crippen LogP contribution is 2.36. The lowest BCUT2D eigenvalue weighted by Crippen LogP contribution is -2.57. The Bertz CT molecular complexity index is 875. The summed E-state index contributed by atoms with van der Waals surface area (Å²) in [7, 11) is 1.58. The van der Waals surface area contributed by atoms with Gasteiger partial charge in [-0.3, -0.25) is 9.59 Å². The molecule has 2 heterocycles. The normalized spacial score (nSPS) is 18.3. The summed E-state index contributed by atoms with van der Waals surface area (Å²) in [6.45, 7) is 1.35. The van der Waals surface area contributed by atoms with Gasteiger partial charge in [-0.05, 0) is 61.4 Å². The number of anilines is 1. The average molecular weight is 383 g/mol. The van der Waals surface area contributed by atoms with Crippen LogP contribution in [0.5, 0.6) is 5.75 Å². The van der Waals surface area contributed by atoms with E-state index in [0.717, 1.165) is 5.69 Å². The van der Waals surface area contributed by atoms with E-state index in [0.29, 0.717) is 43.9 Å². The van der Waals surface area contributed by atoms with Gasteiger partial charge in [0.05, 0.1) is 13.8 Å². The predicted octanol–water partition coefficient (Wildman–Crippen LogP) is 2.40. The SMILES string of the molecule is COc1ccc(C(=O)N2CCC3(CC2)C(=O)NCN3c2ccc(F)cc2)cc1. The first-order valence-electron chi connectivity index (χ1n) is 9.28. The molecule has 1 spiro atoms. The van der Waals surface area contributed by atoms with Crippen molar-refractivity contribution in [3.63, 3.8) is 0 Å². The average Bonchev–Trinajstić information content (AvgIpc) is 3.04. The fourth-order valence-corrected chi connectivity index (χ4v) is 4.04. The minimum absolute atomic E-state index is 0.0339. The van der Waals surface area contributed by atoms with Gasteiger partial charge in [-0.1, -0.05) is 0 Å². The zero-order valence-electron chi connectivity index (χ0n) is 15.7. The molecule has 4 rings (SSSR count). The van der Waals surface area contributed by atoms with Gasteiger partial charge in [-0.2, -0.15) is 0 Å². The molecular formula is C21H22FN3O3. The molecule has 7 heteroatoms.